The van der Waals surface area contributed by atoms with E-state index in [2.05, 4.69) is 25.3 Å². The molecule has 0 fully saturated rings. The highest BCUT2D eigenvalue weighted by atomic mass is 32.2. The number of anilines is 2. The molecule has 0 bridgehead atoms. The van der Waals surface area contributed by atoms with E-state index in [9.17, 15) is 14.4 Å². The molecule has 0 unspecified atom stereocenters. The monoisotopic (exact) mass is 635 g/mol. The molecular formula is C30H29N5O5S3. The minimum absolute atomic E-state index is 0.00713. The highest BCUT2D eigenvalue weighted by Crippen LogP contribution is 2.32. The van der Waals surface area contributed by atoms with Gasteiger partial charge in [0.15, 0.2) is 11.5 Å². The number of amides is 3. The number of carbonyl (C=O) groups excluding carboxylic acids is 3. The minimum atomic E-state index is -0.536. The van der Waals surface area contributed by atoms with E-state index in [0.717, 1.165) is 22.2 Å². The molecule has 222 valence electrons. The van der Waals surface area contributed by atoms with Gasteiger partial charge in [-0.25, -0.2) is 0 Å². The number of ether oxygens (including phenoxy) is 2. The van der Waals surface area contributed by atoms with Crippen molar-refractivity contribution >= 4 is 69.7 Å². The quantitative estimate of drug-likeness (QED) is 0.123. The van der Waals surface area contributed by atoms with Gasteiger partial charge in [-0.05, 0) is 54.3 Å². The van der Waals surface area contributed by atoms with Gasteiger partial charge in [0.05, 0.1) is 20.0 Å². The SMILES string of the molecule is CCSc1nsc(NC(=O)CSc2ccc(NC(=O)/C(=C/c3cccc(OC)c3OC)NC(=O)c3ccccc3)cc2)n1. The lowest BCUT2D eigenvalue weighted by atomic mass is 10.1. The molecule has 4 rings (SSSR count). The first kappa shape index (κ1) is 31.6. The zero-order chi connectivity index (χ0) is 30.6. The van der Waals surface area contributed by atoms with E-state index >= 15 is 0 Å². The van der Waals surface area contributed by atoms with Crippen LogP contribution < -0.4 is 25.4 Å². The zero-order valence-electron chi connectivity index (χ0n) is 23.6. The maximum absolute atomic E-state index is 13.4. The first-order valence-electron chi connectivity index (χ1n) is 13.0. The van der Waals surface area contributed by atoms with Gasteiger partial charge < -0.3 is 20.1 Å². The Hall–Kier alpha value is -4.33. The molecule has 10 nitrogen and oxygen atoms in total. The normalized spacial score (nSPS) is 11.0. The largest absolute Gasteiger partial charge is 0.493 e. The Kier molecular flexibility index (Phi) is 11.6. The average Bonchev–Trinajstić information content (AvgIpc) is 3.47. The number of para-hydroxylation sites is 1. The fraction of sp³-hybridized carbons (Fsp3) is 0.167. The highest BCUT2D eigenvalue weighted by molar-refractivity contribution is 8.00. The van der Waals surface area contributed by atoms with Gasteiger partial charge in [-0.1, -0.05) is 49.0 Å². The molecule has 4 aromatic rings. The van der Waals surface area contributed by atoms with Crippen molar-refractivity contribution in [3.05, 3.63) is 89.6 Å². The number of carbonyl (C=O) groups is 3. The fourth-order valence-electron chi connectivity index (χ4n) is 3.71. The number of benzene rings is 3. The second-order valence-corrected chi connectivity index (χ2v) is 11.6. The summed E-state index contributed by atoms with van der Waals surface area (Å²) < 4.78 is 15.1. The van der Waals surface area contributed by atoms with Gasteiger partial charge in [0.2, 0.25) is 16.2 Å². The van der Waals surface area contributed by atoms with Crippen LogP contribution in [0, 0.1) is 0 Å². The third-order valence-corrected chi connectivity index (χ3v) is 8.16. The lowest BCUT2D eigenvalue weighted by molar-refractivity contribution is -0.114. The van der Waals surface area contributed by atoms with Gasteiger partial charge in [0, 0.05) is 33.2 Å². The second-order valence-electron chi connectivity index (χ2n) is 8.59. The summed E-state index contributed by atoms with van der Waals surface area (Å²) in [5.74, 6) is 0.769. The molecule has 1 heterocycles. The molecular weight excluding hydrogens is 607 g/mol. The van der Waals surface area contributed by atoms with Crippen LogP contribution in [0.3, 0.4) is 0 Å². The molecule has 3 aromatic carbocycles. The van der Waals surface area contributed by atoms with Crippen molar-refractivity contribution < 1.29 is 23.9 Å². The van der Waals surface area contributed by atoms with Crippen LogP contribution in [-0.2, 0) is 9.59 Å². The van der Waals surface area contributed by atoms with Crippen LogP contribution in [0.15, 0.2) is 88.5 Å². The second kappa shape index (κ2) is 15.8. The third-order valence-electron chi connectivity index (χ3n) is 5.67. The van der Waals surface area contributed by atoms with E-state index < -0.39 is 11.8 Å². The van der Waals surface area contributed by atoms with Crippen molar-refractivity contribution in [2.24, 2.45) is 0 Å². The molecule has 3 amide bonds. The van der Waals surface area contributed by atoms with Gasteiger partial charge in [0.1, 0.15) is 5.70 Å². The van der Waals surface area contributed by atoms with E-state index in [-0.39, 0.29) is 17.4 Å². The van der Waals surface area contributed by atoms with Crippen molar-refractivity contribution in [1.82, 2.24) is 14.7 Å². The summed E-state index contributed by atoms with van der Waals surface area (Å²) in [4.78, 5) is 43.8. The topological polar surface area (TPSA) is 132 Å². The third kappa shape index (κ3) is 9.08. The average molecular weight is 636 g/mol. The summed E-state index contributed by atoms with van der Waals surface area (Å²) in [5, 5.41) is 9.42. The molecule has 0 aliphatic rings. The van der Waals surface area contributed by atoms with Crippen LogP contribution in [0.25, 0.3) is 6.08 Å². The molecule has 3 N–H and O–H groups in total. The van der Waals surface area contributed by atoms with E-state index in [1.807, 2.05) is 6.92 Å². The van der Waals surface area contributed by atoms with E-state index in [1.165, 1.54) is 43.8 Å². The molecule has 0 atom stereocenters. The van der Waals surface area contributed by atoms with Gasteiger partial charge in [-0.2, -0.15) is 9.36 Å². The molecule has 13 heteroatoms. The van der Waals surface area contributed by atoms with E-state index in [1.54, 1.807) is 72.8 Å². The molecule has 0 saturated carbocycles. The van der Waals surface area contributed by atoms with Crippen molar-refractivity contribution in [3.8, 4) is 11.5 Å². The van der Waals surface area contributed by atoms with Crippen LogP contribution in [0.5, 0.6) is 11.5 Å². The van der Waals surface area contributed by atoms with E-state index in [4.69, 9.17) is 9.47 Å². The zero-order valence-corrected chi connectivity index (χ0v) is 26.0. The lowest BCUT2D eigenvalue weighted by Gasteiger charge is -2.14. The fourth-order valence-corrected chi connectivity index (χ4v) is 5.69. The number of methoxy groups -OCH3 is 2. The van der Waals surface area contributed by atoms with Crippen LogP contribution in [-0.4, -0.2) is 52.8 Å². The summed E-state index contributed by atoms with van der Waals surface area (Å²) in [6.07, 6.45) is 1.53. The van der Waals surface area contributed by atoms with Crippen LogP contribution in [0.1, 0.15) is 22.8 Å². The van der Waals surface area contributed by atoms with Gasteiger partial charge >= 0.3 is 0 Å². The number of nitrogens with zero attached hydrogens (tertiary/aromatic N) is 2. The molecule has 0 aliphatic heterocycles. The van der Waals surface area contributed by atoms with Crippen molar-refractivity contribution in [1.29, 1.82) is 0 Å². The minimum Gasteiger partial charge on any atom is -0.493 e. The van der Waals surface area contributed by atoms with Crippen molar-refractivity contribution in [2.75, 3.05) is 36.4 Å². The smallest absolute Gasteiger partial charge is 0.272 e. The lowest BCUT2D eigenvalue weighted by Crippen LogP contribution is -2.30. The molecule has 1 aromatic heterocycles. The summed E-state index contributed by atoms with van der Waals surface area (Å²) in [6.45, 7) is 2.01. The van der Waals surface area contributed by atoms with Crippen molar-refractivity contribution in [3.63, 3.8) is 0 Å². The predicted octanol–water partition coefficient (Wildman–Crippen LogP) is 5.81. The maximum atomic E-state index is 13.4. The maximum Gasteiger partial charge on any atom is 0.272 e. The van der Waals surface area contributed by atoms with Crippen molar-refractivity contribution in [2.45, 2.75) is 17.0 Å². The van der Waals surface area contributed by atoms with Crippen LogP contribution in [0.2, 0.25) is 0 Å². The highest BCUT2D eigenvalue weighted by Gasteiger charge is 2.17. The molecule has 0 spiro atoms. The molecule has 0 radical (unpaired) electrons. The number of nitrogens with one attached hydrogen (secondary N) is 3. The standard InChI is InChI=1S/C30H29N5O5S3/c1-4-41-30-34-29(43-35-30)33-25(36)18-42-22-15-13-21(14-16-22)31-28(38)23(32-27(37)19-9-6-5-7-10-19)17-20-11-8-12-24(39-2)26(20)40-3/h5-17H,4,18H2,1-3H3,(H,31,38)(H,32,37)(H,33,34,35,36)/b23-17-. The first-order chi connectivity index (χ1) is 20.9. The Bertz CT molecular complexity index is 1590. The summed E-state index contributed by atoms with van der Waals surface area (Å²) >= 11 is 4.01. The number of thioether (sulfide) groups is 2. The van der Waals surface area contributed by atoms with E-state index in [0.29, 0.717) is 38.6 Å². The van der Waals surface area contributed by atoms with Crippen LogP contribution in [0.4, 0.5) is 10.8 Å². The Morgan fingerprint density at radius 2 is 1.67 bits per heavy atom. The number of rotatable bonds is 13. The Morgan fingerprint density at radius 3 is 2.37 bits per heavy atom. The number of hydrogen-bond acceptors (Lipinski definition) is 10. The first-order valence-corrected chi connectivity index (χ1v) is 15.7. The summed E-state index contributed by atoms with van der Waals surface area (Å²) in [6, 6.07) is 20.9. The Balaban J connectivity index is 1.44. The van der Waals surface area contributed by atoms with Crippen LogP contribution >= 0.6 is 35.1 Å². The number of aromatic nitrogens is 2. The predicted molar refractivity (Wildman–Crippen MR) is 172 cm³/mol. The van der Waals surface area contributed by atoms with Gasteiger partial charge in [-0.3, -0.25) is 19.7 Å². The Labute approximate surface area is 261 Å². The molecule has 0 saturated heterocycles. The summed E-state index contributed by atoms with van der Waals surface area (Å²) in [7, 11) is 3.02. The van der Waals surface area contributed by atoms with Gasteiger partial charge in [-0.15, -0.1) is 11.8 Å². The van der Waals surface area contributed by atoms with Gasteiger partial charge in [0.25, 0.3) is 11.8 Å². The molecule has 0 aliphatic carbocycles. The Morgan fingerprint density at radius 1 is 0.907 bits per heavy atom. The molecule has 43 heavy (non-hydrogen) atoms. The number of hydrogen-bond donors (Lipinski definition) is 3. The summed E-state index contributed by atoms with van der Waals surface area (Å²) in [5.41, 5.74) is 1.45.